The Labute approximate surface area is 150 Å². The predicted molar refractivity (Wildman–Crippen MR) is 95.3 cm³/mol. The first kappa shape index (κ1) is 17.3. The Balaban J connectivity index is 1.64. The average molecular weight is 360 g/mol. The van der Waals surface area contributed by atoms with Crippen LogP contribution in [0.15, 0.2) is 40.8 Å². The number of nitrogens with zero attached hydrogens (tertiary/aromatic N) is 3. The lowest BCUT2D eigenvalue weighted by atomic mass is 10.1. The number of allylic oxidation sites excluding steroid dienone is 1. The van der Waals surface area contributed by atoms with Crippen LogP contribution in [-0.2, 0) is 14.3 Å². The molecule has 0 radical (unpaired) electrons. The third kappa shape index (κ3) is 3.63. The summed E-state index contributed by atoms with van der Waals surface area (Å²) in [5.74, 6) is 7.63. The van der Waals surface area contributed by atoms with Gasteiger partial charge in [0.15, 0.2) is 5.82 Å². The van der Waals surface area contributed by atoms with Crippen molar-refractivity contribution >= 4 is 17.7 Å². The summed E-state index contributed by atoms with van der Waals surface area (Å²) in [6.07, 6.45) is 0.410. The van der Waals surface area contributed by atoms with Crippen LogP contribution < -0.4 is 5.84 Å². The molecule has 0 bridgehead atoms. The van der Waals surface area contributed by atoms with Crippen LogP contribution in [0, 0.1) is 6.92 Å². The number of thioether (sulfide) groups is 1. The summed E-state index contributed by atoms with van der Waals surface area (Å²) < 4.78 is 12.0. The number of benzene rings is 1. The molecular weight excluding hydrogens is 340 g/mol. The molecule has 3 rings (SSSR count). The lowest BCUT2D eigenvalue weighted by Crippen LogP contribution is -2.15. The van der Waals surface area contributed by atoms with Gasteiger partial charge in [0.2, 0.25) is 5.16 Å². The van der Waals surface area contributed by atoms with E-state index in [4.69, 9.17) is 15.3 Å². The number of methoxy groups -OCH3 is 1. The number of ether oxygens (including phenoxy) is 2. The van der Waals surface area contributed by atoms with Crippen LogP contribution in [0.4, 0.5) is 0 Å². The maximum Gasteiger partial charge on any atom is 0.337 e. The molecule has 0 amide bonds. The topological polar surface area (TPSA) is 92.3 Å². The quantitative estimate of drug-likeness (QED) is 0.497. The van der Waals surface area contributed by atoms with Gasteiger partial charge in [-0.2, -0.15) is 0 Å². The fourth-order valence-corrected chi connectivity index (χ4v) is 3.46. The van der Waals surface area contributed by atoms with Gasteiger partial charge in [-0.05, 0) is 13.8 Å². The first-order valence-corrected chi connectivity index (χ1v) is 8.83. The first-order valence-electron chi connectivity index (χ1n) is 7.84. The van der Waals surface area contributed by atoms with Crippen LogP contribution in [0.1, 0.15) is 18.9 Å². The number of esters is 1. The smallest absolute Gasteiger partial charge is 0.337 e. The summed E-state index contributed by atoms with van der Waals surface area (Å²) in [5.41, 5.74) is 2.67. The first-order chi connectivity index (χ1) is 12.0. The van der Waals surface area contributed by atoms with E-state index in [0.29, 0.717) is 34.5 Å². The van der Waals surface area contributed by atoms with Crippen molar-refractivity contribution in [2.75, 3.05) is 18.7 Å². The van der Waals surface area contributed by atoms with Crippen LogP contribution in [0.25, 0.3) is 11.4 Å². The molecule has 1 aromatic carbocycles. The molecule has 2 N–H and O–H groups in total. The number of rotatable bonds is 5. The Bertz CT molecular complexity index is 814. The van der Waals surface area contributed by atoms with Crippen molar-refractivity contribution in [3.63, 3.8) is 0 Å². The second kappa shape index (κ2) is 7.18. The fraction of sp³-hybridized carbons (Fsp3) is 0.353. The van der Waals surface area contributed by atoms with Crippen molar-refractivity contribution in [3.05, 3.63) is 41.2 Å². The Morgan fingerprint density at radius 3 is 2.76 bits per heavy atom. The van der Waals surface area contributed by atoms with E-state index in [9.17, 15) is 4.79 Å². The normalized spacial score (nSPS) is 16.8. The van der Waals surface area contributed by atoms with E-state index in [1.54, 1.807) is 6.92 Å². The second-order valence-corrected chi connectivity index (χ2v) is 6.81. The number of hydrogen-bond donors (Lipinski definition) is 1. The molecule has 2 aromatic rings. The molecule has 0 spiro atoms. The Morgan fingerprint density at radius 1 is 1.36 bits per heavy atom. The van der Waals surface area contributed by atoms with Gasteiger partial charge >= 0.3 is 5.97 Å². The summed E-state index contributed by atoms with van der Waals surface area (Å²) in [5, 5.41) is 8.93. The molecule has 1 aromatic heterocycles. The van der Waals surface area contributed by atoms with E-state index in [1.807, 2.05) is 31.2 Å². The largest absolute Gasteiger partial charge is 0.493 e. The van der Waals surface area contributed by atoms with Crippen molar-refractivity contribution in [1.29, 1.82) is 0 Å². The molecule has 7 nitrogen and oxygen atoms in total. The number of hydrogen-bond acceptors (Lipinski definition) is 7. The highest BCUT2D eigenvalue weighted by atomic mass is 32.2. The summed E-state index contributed by atoms with van der Waals surface area (Å²) in [4.78, 5) is 11.7. The minimum absolute atomic E-state index is 0.112. The van der Waals surface area contributed by atoms with Crippen molar-refractivity contribution in [2.24, 2.45) is 0 Å². The van der Waals surface area contributed by atoms with E-state index >= 15 is 0 Å². The molecule has 132 valence electrons. The summed E-state index contributed by atoms with van der Waals surface area (Å²) in [7, 11) is 1.37. The van der Waals surface area contributed by atoms with E-state index in [-0.39, 0.29) is 12.1 Å². The highest BCUT2D eigenvalue weighted by molar-refractivity contribution is 7.99. The maximum atomic E-state index is 11.7. The van der Waals surface area contributed by atoms with Gasteiger partial charge in [0.05, 0.1) is 12.7 Å². The highest BCUT2D eigenvalue weighted by Crippen LogP contribution is 2.30. The van der Waals surface area contributed by atoms with Crippen molar-refractivity contribution in [1.82, 2.24) is 14.9 Å². The third-order valence-corrected chi connectivity index (χ3v) is 5.08. The molecule has 2 heterocycles. The van der Waals surface area contributed by atoms with Gasteiger partial charge in [0, 0.05) is 17.7 Å². The van der Waals surface area contributed by atoms with E-state index in [0.717, 1.165) is 5.56 Å². The minimum Gasteiger partial charge on any atom is -0.493 e. The summed E-state index contributed by atoms with van der Waals surface area (Å²) in [6, 6.07) is 7.94. The average Bonchev–Trinajstić information content (AvgIpc) is 3.16. The molecule has 0 fully saturated rings. The third-order valence-electron chi connectivity index (χ3n) is 4.00. The molecule has 0 saturated heterocycles. The van der Waals surface area contributed by atoms with Crippen LogP contribution in [0.3, 0.4) is 0 Å². The Hall–Kier alpha value is -2.48. The zero-order valence-corrected chi connectivity index (χ0v) is 15.2. The number of carbonyl (C=O) groups excluding carboxylic acids is 1. The standard InChI is InChI=1S/C17H20N4O3S/c1-10-4-6-12(7-5-10)15-19-20-17(21(15)18)25-9-13-8-14(11(2)24-13)16(22)23-3/h4-7,13H,8-9,18H2,1-3H3/t13-/m1/s1. The number of carbonyl (C=O) groups is 1. The van der Waals surface area contributed by atoms with Gasteiger partial charge in [-0.3, -0.25) is 0 Å². The van der Waals surface area contributed by atoms with Gasteiger partial charge in [-0.25, -0.2) is 9.47 Å². The van der Waals surface area contributed by atoms with Crippen molar-refractivity contribution in [2.45, 2.75) is 31.5 Å². The summed E-state index contributed by atoms with van der Waals surface area (Å²) >= 11 is 1.45. The van der Waals surface area contributed by atoms with E-state index in [2.05, 4.69) is 10.2 Å². The van der Waals surface area contributed by atoms with Crippen molar-refractivity contribution in [3.8, 4) is 11.4 Å². The molecule has 0 saturated carbocycles. The molecule has 25 heavy (non-hydrogen) atoms. The Morgan fingerprint density at radius 2 is 2.08 bits per heavy atom. The Kier molecular flexibility index (Phi) is 4.98. The monoisotopic (exact) mass is 360 g/mol. The SMILES string of the molecule is COC(=O)C1=C(C)O[C@@H](CSc2nnc(-c3ccc(C)cc3)n2N)C1. The molecule has 8 heteroatoms. The summed E-state index contributed by atoms with van der Waals surface area (Å²) in [6.45, 7) is 3.80. The van der Waals surface area contributed by atoms with Crippen LogP contribution >= 0.6 is 11.8 Å². The number of aryl methyl sites for hydroxylation is 1. The highest BCUT2D eigenvalue weighted by Gasteiger charge is 2.29. The zero-order chi connectivity index (χ0) is 18.0. The van der Waals surface area contributed by atoms with E-state index in [1.165, 1.54) is 29.1 Å². The molecule has 0 unspecified atom stereocenters. The minimum atomic E-state index is -0.339. The second-order valence-electron chi connectivity index (χ2n) is 5.82. The molecule has 1 aliphatic heterocycles. The fourth-order valence-electron chi connectivity index (χ4n) is 2.62. The lowest BCUT2D eigenvalue weighted by Gasteiger charge is -2.10. The predicted octanol–water partition coefficient (Wildman–Crippen LogP) is 2.30. The van der Waals surface area contributed by atoms with E-state index < -0.39 is 0 Å². The lowest BCUT2D eigenvalue weighted by molar-refractivity contribution is -0.136. The van der Waals surface area contributed by atoms with Crippen LogP contribution in [0.5, 0.6) is 0 Å². The van der Waals surface area contributed by atoms with Gasteiger partial charge in [0.1, 0.15) is 11.9 Å². The van der Waals surface area contributed by atoms with Gasteiger partial charge in [0.25, 0.3) is 0 Å². The van der Waals surface area contributed by atoms with Crippen LogP contribution in [0.2, 0.25) is 0 Å². The van der Waals surface area contributed by atoms with Crippen molar-refractivity contribution < 1.29 is 14.3 Å². The van der Waals surface area contributed by atoms with Gasteiger partial charge < -0.3 is 15.3 Å². The molecular formula is C17H20N4O3S. The molecule has 1 aliphatic rings. The van der Waals surface area contributed by atoms with Crippen LogP contribution in [-0.4, -0.2) is 39.8 Å². The van der Waals surface area contributed by atoms with Gasteiger partial charge in [-0.15, -0.1) is 10.2 Å². The van der Waals surface area contributed by atoms with Gasteiger partial charge in [-0.1, -0.05) is 41.6 Å². The zero-order valence-electron chi connectivity index (χ0n) is 14.4. The molecule has 0 aliphatic carbocycles. The molecule has 1 atom stereocenters. The number of nitrogen functional groups attached to an aromatic ring is 1. The number of nitrogens with two attached hydrogens (primary N) is 1. The number of aromatic nitrogens is 3. The maximum absolute atomic E-state index is 11.7.